The van der Waals surface area contributed by atoms with Crippen LogP contribution in [0.4, 0.5) is 0 Å². The van der Waals surface area contributed by atoms with E-state index in [1.807, 2.05) is 0 Å². The molecule has 0 aromatic carbocycles. The van der Waals surface area contributed by atoms with Crippen molar-refractivity contribution < 1.29 is 62.9 Å². The third-order valence-corrected chi connectivity index (χ3v) is 11.8. The van der Waals surface area contributed by atoms with Crippen LogP contribution in [-0.2, 0) is 52.7 Å². The molecule has 1 saturated heterocycles. The summed E-state index contributed by atoms with van der Waals surface area (Å²) in [6.45, 7) is 21.6. The topological polar surface area (TPSA) is 305 Å². The van der Waals surface area contributed by atoms with Crippen molar-refractivity contribution in [2.75, 3.05) is 0 Å². The maximum Gasteiger partial charge on any atom is 0.329 e. The quantitative estimate of drug-likeness (QED) is 0.0584. The summed E-state index contributed by atoms with van der Waals surface area (Å²) in [5, 5.41) is 37.7. The molecule has 1 aliphatic rings. The Labute approximate surface area is 415 Å². The number of hydrogen-bond donors (Lipinski definition) is 9. The lowest BCUT2D eigenvalue weighted by molar-refractivity contribution is -0.156. The highest BCUT2D eigenvalue weighted by molar-refractivity contribution is 5.98. The van der Waals surface area contributed by atoms with Crippen molar-refractivity contribution in [2.24, 2.45) is 35.5 Å². The van der Waals surface area contributed by atoms with Gasteiger partial charge in [0.15, 0.2) is 0 Å². The van der Waals surface area contributed by atoms with E-state index in [0.717, 1.165) is 32.1 Å². The highest BCUT2D eigenvalue weighted by Crippen LogP contribution is 2.19. The minimum absolute atomic E-state index is 0.0351. The Bertz CT molecular complexity index is 1750. The van der Waals surface area contributed by atoms with Crippen LogP contribution in [0.25, 0.3) is 0 Å². The highest BCUT2D eigenvalue weighted by Gasteiger charge is 2.37. The Hall–Kier alpha value is -5.30. The van der Waals surface area contributed by atoms with Crippen LogP contribution in [0.15, 0.2) is 0 Å². The zero-order chi connectivity index (χ0) is 53.4. The van der Waals surface area contributed by atoms with Gasteiger partial charge in [0.05, 0.1) is 12.8 Å². The summed E-state index contributed by atoms with van der Waals surface area (Å²) in [5.74, 6) is -10.7. The predicted octanol–water partition coefficient (Wildman–Crippen LogP) is 3.87. The van der Waals surface area contributed by atoms with Gasteiger partial charge in [0.25, 0.3) is 0 Å². The molecule has 0 unspecified atom stereocenters. The third-order valence-electron chi connectivity index (χ3n) is 11.8. The van der Waals surface area contributed by atoms with Crippen molar-refractivity contribution in [3.05, 3.63) is 0 Å². The van der Waals surface area contributed by atoms with Gasteiger partial charge in [-0.1, -0.05) is 115 Å². The molecule has 0 aromatic heterocycles. The van der Waals surface area contributed by atoms with Crippen LogP contribution in [0, 0.1) is 35.5 Å². The molecule has 400 valence electrons. The number of cyclic esters (lactones) is 1. The highest BCUT2D eigenvalue weighted by atomic mass is 16.5. The molecule has 9 N–H and O–H groups in total. The fraction of sp³-hybridized carbons (Fsp3) is 0.800. The van der Waals surface area contributed by atoms with Gasteiger partial charge in [-0.05, 0) is 74.0 Å². The number of aliphatic carboxylic acids is 2. The number of ether oxygens (including phenoxy) is 1. The Morgan fingerprint density at radius 2 is 0.886 bits per heavy atom. The third kappa shape index (κ3) is 25.0. The summed E-state index contributed by atoms with van der Waals surface area (Å²) in [4.78, 5) is 136. The number of rotatable bonds is 21. The molecule has 0 saturated carbocycles. The molecule has 8 atom stereocenters. The smallest absolute Gasteiger partial charge is 0.329 e. The first kappa shape index (κ1) is 62.7. The first-order valence-corrected chi connectivity index (χ1v) is 25.4. The Morgan fingerprint density at radius 3 is 1.33 bits per heavy atom. The van der Waals surface area contributed by atoms with Crippen molar-refractivity contribution in [3.63, 3.8) is 0 Å². The summed E-state index contributed by atoms with van der Waals surface area (Å²) in [6.07, 6.45) is 2.48. The van der Waals surface area contributed by atoms with E-state index in [9.17, 15) is 58.2 Å². The van der Waals surface area contributed by atoms with Gasteiger partial charge in [-0.3, -0.25) is 43.2 Å². The fourth-order valence-corrected chi connectivity index (χ4v) is 8.00. The number of esters is 1. The van der Waals surface area contributed by atoms with Gasteiger partial charge in [0.2, 0.25) is 41.4 Å². The molecule has 20 heteroatoms. The van der Waals surface area contributed by atoms with Gasteiger partial charge in [-0.25, -0.2) is 4.79 Å². The molecule has 0 bridgehead atoms. The SMILES string of the molecule is CC(C)CCCCCCC[C@@H]1CC(=O)N[C@@H](CCC(=O)O)C(=O)N[C@@H](CC(C)C)C(=O)N[C@H](CC(C)C)C(=O)N[C@@H](C(C)C)C(=O)N[C@@H](CC(=O)O)C(=O)N[C@H](CC(C)C)C(=O)N[C@@H](C(C)C)C(=O)O1. The van der Waals surface area contributed by atoms with Gasteiger partial charge in [-0.15, -0.1) is 0 Å². The number of amides is 7. The number of unbranched alkanes of at least 4 members (excludes halogenated alkanes) is 4. The van der Waals surface area contributed by atoms with E-state index in [-0.39, 0.29) is 49.9 Å². The number of carboxylic acids is 2. The summed E-state index contributed by atoms with van der Waals surface area (Å²) >= 11 is 0. The van der Waals surface area contributed by atoms with Gasteiger partial charge in [0.1, 0.15) is 48.4 Å². The molecule has 1 heterocycles. The molecule has 1 rings (SSSR count). The molecule has 7 amide bonds. The molecule has 0 radical (unpaired) electrons. The maximum atomic E-state index is 14.1. The van der Waals surface area contributed by atoms with Crippen molar-refractivity contribution in [1.82, 2.24) is 37.2 Å². The van der Waals surface area contributed by atoms with Gasteiger partial charge >= 0.3 is 17.9 Å². The van der Waals surface area contributed by atoms with Gasteiger partial charge in [0, 0.05) is 6.42 Å². The first-order valence-electron chi connectivity index (χ1n) is 25.4. The molecule has 0 aliphatic carbocycles. The van der Waals surface area contributed by atoms with E-state index in [2.05, 4.69) is 51.1 Å². The molecule has 1 aliphatic heterocycles. The van der Waals surface area contributed by atoms with E-state index in [1.54, 1.807) is 69.2 Å². The summed E-state index contributed by atoms with van der Waals surface area (Å²) in [5.41, 5.74) is 0. The lowest BCUT2D eigenvalue weighted by atomic mass is 9.98. The Kier molecular flexibility index (Phi) is 28.5. The lowest BCUT2D eigenvalue weighted by Crippen LogP contribution is -2.61. The van der Waals surface area contributed by atoms with Crippen LogP contribution >= 0.6 is 0 Å². The van der Waals surface area contributed by atoms with Crippen LogP contribution in [0.2, 0.25) is 0 Å². The second-order valence-corrected chi connectivity index (χ2v) is 21.2. The number of carbonyl (C=O) groups excluding carboxylic acids is 8. The summed E-state index contributed by atoms with van der Waals surface area (Å²) in [7, 11) is 0. The molecular weight excluding hydrogens is 907 g/mol. The number of hydrogen-bond acceptors (Lipinski definition) is 11. The van der Waals surface area contributed by atoms with E-state index >= 15 is 0 Å². The van der Waals surface area contributed by atoms with E-state index in [1.165, 1.54) is 0 Å². The Balaban J connectivity index is 3.97. The molecular formula is C50H87N7O13. The standard InChI is InChI=1S/C50H87N7O13/c1-27(2)18-16-14-13-15-17-19-33-25-39(58)51-34(20-21-40(59)60)44(63)52-35(22-28(3)4)45(64)53-36(23-29(5)6)47(66)56-42(31(9)10)49(68)55-38(26-41(61)62)46(65)54-37(24-30(7)8)48(67)57-43(32(11)12)50(69)70-33/h27-38,42-43H,13-26H2,1-12H3,(H,51,58)(H,52,63)(H,53,64)(H,54,65)(H,55,68)(H,56,66)(H,57,67)(H,59,60)(H,61,62)/t33-,34+,35+,36-,37-,38+,42+,43+/m1/s1. The summed E-state index contributed by atoms with van der Waals surface area (Å²) < 4.78 is 5.98. The van der Waals surface area contributed by atoms with Crippen LogP contribution in [-0.4, -0.2) is 118 Å². The van der Waals surface area contributed by atoms with Crippen molar-refractivity contribution in [1.29, 1.82) is 0 Å². The zero-order valence-electron chi connectivity index (χ0n) is 43.9. The van der Waals surface area contributed by atoms with Crippen molar-refractivity contribution in [3.8, 4) is 0 Å². The van der Waals surface area contributed by atoms with E-state index in [0.29, 0.717) is 12.3 Å². The Morgan fingerprint density at radius 1 is 0.471 bits per heavy atom. The number of carbonyl (C=O) groups is 10. The van der Waals surface area contributed by atoms with Crippen molar-refractivity contribution in [2.45, 2.75) is 221 Å². The van der Waals surface area contributed by atoms with E-state index < -0.39 is 139 Å². The van der Waals surface area contributed by atoms with Crippen LogP contribution in [0.1, 0.15) is 173 Å². The molecule has 0 spiro atoms. The second-order valence-electron chi connectivity index (χ2n) is 21.2. The molecule has 70 heavy (non-hydrogen) atoms. The largest absolute Gasteiger partial charge is 0.481 e. The average molecular weight is 994 g/mol. The monoisotopic (exact) mass is 994 g/mol. The zero-order valence-corrected chi connectivity index (χ0v) is 43.9. The van der Waals surface area contributed by atoms with Gasteiger partial charge in [-0.2, -0.15) is 0 Å². The molecule has 0 aromatic rings. The molecule has 1 fully saturated rings. The average Bonchev–Trinajstić information content (AvgIpc) is 3.22. The van der Waals surface area contributed by atoms with E-state index in [4.69, 9.17) is 4.74 Å². The normalized spacial score (nSPS) is 24.5. The fourth-order valence-electron chi connectivity index (χ4n) is 8.00. The first-order chi connectivity index (χ1) is 32.6. The van der Waals surface area contributed by atoms with Crippen molar-refractivity contribution >= 4 is 59.3 Å². The lowest BCUT2D eigenvalue weighted by Gasteiger charge is -2.29. The van der Waals surface area contributed by atoms with Gasteiger partial charge < -0.3 is 52.2 Å². The minimum Gasteiger partial charge on any atom is -0.481 e. The summed E-state index contributed by atoms with van der Waals surface area (Å²) in [6, 6.07) is -9.67. The predicted molar refractivity (Wildman–Crippen MR) is 262 cm³/mol. The minimum atomic E-state index is -1.72. The second kappa shape index (κ2) is 31.8. The number of nitrogens with one attached hydrogen (secondary N) is 7. The van der Waals surface area contributed by atoms with Crippen LogP contribution < -0.4 is 37.2 Å². The molecule has 20 nitrogen and oxygen atoms in total. The van der Waals surface area contributed by atoms with Crippen LogP contribution in [0.3, 0.4) is 0 Å². The maximum absolute atomic E-state index is 14.1. The van der Waals surface area contributed by atoms with Crippen LogP contribution in [0.5, 0.6) is 0 Å². The number of carboxylic acid groups (broad SMARTS) is 2.